The predicted molar refractivity (Wildman–Crippen MR) is 142 cm³/mol. The third kappa shape index (κ3) is 6.77. The predicted octanol–water partition coefficient (Wildman–Crippen LogP) is 8.14. The fourth-order valence-electron chi connectivity index (χ4n) is 3.39. The Morgan fingerprint density at radius 1 is 0.697 bits per heavy atom. The van der Waals surface area contributed by atoms with Crippen molar-refractivity contribution in [2.75, 3.05) is 5.32 Å². The number of anilines is 1. The molecule has 2 nitrogen and oxygen atoms in total. The van der Waals surface area contributed by atoms with Crippen LogP contribution in [0.5, 0.6) is 0 Å². The Balaban J connectivity index is 1.32. The molecule has 0 spiro atoms. The van der Waals surface area contributed by atoms with Gasteiger partial charge in [-0.3, -0.25) is 4.79 Å². The molecule has 0 fully saturated rings. The Labute approximate surface area is 204 Å². The third-order valence-corrected chi connectivity index (χ3v) is 7.50. The van der Waals surface area contributed by atoms with Gasteiger partial charge >= 0.3 is 0 Å². The molecule has 0 bridgehead atoms. The minimum atomic E-state index is -0.0813. The zero-order valence-electron chi connectivity index (χ0n) is 18.9. The van der Waals surface area contributed by atoms with E-state index in [0.717, 1.165) is 22.8 Å². The van der Waals surface area contributed by atoms with Crippen molar-refractivity contribution in [1.29, 1.82) is 0 Å². The number of thioether (sulfide) groups is 2. The molecule has 33 heavy (non-hydrogen) atoms. The number of amides is 1. The molecule has 1 amide bonds. The van der Waals surface area contributed by atoms with E-state index >= 15 is 0 Å². The van der Waals surface area contributed by atoms with Crippen LogP contribution in [0.2, 0.25) is 0 Å². The molecule has 0 aliphatic rings. The molecule has 0 atom stereocenters. The highest BCUT2D eigenvalue weighted by molar-refractivity contribution is 7.98. The monoisotopic (exact) mass is 469 g/mol. The van der Waals surface area contributed by atoms with Crippen molar-refractivity contribution in [2.45, 2.75) is 35.1 Å². The maximum Gasteiger partial charge on any atom is 0.255 e. The SMILES string of the molecule is Cc1ccc(SCc2ccc(C(=O)Nc3ccc(CSc4ccccc4)cc3C)cc2)cc1. The number of carbonyl (C=O) groups is 1. The Kier molecular flexibility index (Phi) is 7.92. The zero-order valence-corrected chi connectivity index (χ0v) is 20.5. The lowest BCUT2D eigenvalue weighted by Gasteiger charge is -2.11. The molecule has 4 heteroatoms. The highest BCUT2D eigenvalue weighted by atomic mass is 32.2. The summed E-state index contributed by atoms with van der Waals surface area (Å²) in [6.45, 7) is 4.14. The van der Waals surface area contributed by atoms with Crippen LogP contribution in [0.15, 0.2) is 107 Å². The molecular weight excluding hydrogens is 442 g/mol. The molecule has 0 saturated heterocycles. The van der Waals surface area contributed by atoms with Crippen molar-refractivity contribution >= 4 is 35.1 Å². The van der Waals surface area contributed by atoms with Gasteiger partial charge in [0.25, 0.3) is 5.91 Å². The molecule has 166 valence electrons. The van der Waals surface area contributed by atoms with Crippen LogP contribution in [0.1, 0.15) is 32.6 Å². The van der Waals surface area contributed by atoms with Crippen molar-refractivity contribution in [3.63, 3.8) is 0 Å². The van der Waals surface area contributed by atoms with E-state index < -0.39 is 0 Å². The zero-order chi connectivity index (χ0) is 23.0. The lowest BCUT2D eigenvalue weighted by Crippen LogP contribution is -2.12. The highest BCUT2D eigenvalue weighted by Gasteiger charge is 2.09. The summed E-state index contributed by atoms with van der Waals surface area (Å²) in [5.41, 5.74) is 6.31. The van der Waals surface area contributed by atoms with E-state index in [4.69, 9.17) is 0 Å². The first-order chi connectivity index (χ1) is 16.1. The van der Waals surface area contributed by atoms with Gasteiger partial charge in [-0.05, 0) is 73.0 Å². The molecule has 4 rings (SSSR count). The lowest BCUT2D eigenvalue weighted by molar-refractivity contribution is 0.102. The number of rotatable bonds is 8. The minimum Gasteiger partial charge on any atom is -0.322 e. The molecule has 4 aromatic carbocycles. The smallest absolute Gasteiger partial charge is 0.255 e. The second kappa shape index (κ2) is 11.3. The van der Waals surface area contributed by atoms with Gasteiger partial charge in [0.1, 0.15) is 0 Å². The molecule has 1 N–H and O–H groups in total. The van der Waals surface area contributed by atoms with Crippen molar-refractivity contribution in [1.82, 2.24) is 0 Å². The molecular formula is C29H27NOS2. The van der Waals surface area contributed by atoms with Crippen molar-refractivity contribution in [3.8, 4) is 0 Å². The molecule has 0 heterocycles. The normalized spacial score (nSPS) is 10.7. The van der Waals surface area contributed by atoms with Crippen LogP contribution in [0, 0.1) is 13.8 Å². The largest absolute Gasteiger partial charge is 0.322 e. The van der Waals surface area contributed by atoms with Crippen LogP contribution in [0.4, 0.5) is 5.69 Å². The van der Waals surface area contributed by atoms with Gasteiger partial charge in [-0.1, -0.05) is 60.2 Å². The number of hydrogen-bond donors (Lipinski definition) is 1. The van der Waals surface area contributed by atoms with Crippen LogP contribution in [-0.2, 0) is 11.5 Å². The average molecular weight is 470 g/mol. The van der Waals surface area contributed by atoms with Gasteiger partial charge in [0.15, 0.2) is 0 Å². The van der Waals surface area contributed by atoms with Crippen LogP contribution in [0.25, 0.3) is 0 Å². The first-order valence-corrected chi connectivity index (χ1v) is 12.9. The van der Waals surface area contributed by atoms with Gasteiger partial charge < -0.3 is 5.32 Å². The van der Waals surface area contributed by atoms with Gasteiger partial charge in [-0.15, -0.1) is 23.5 Å². The van der Waals surface area contributed by atoms with Gasteiger partial charge in [-0.25, -0.2) is 0 Å². The van der Waals surface area contributed by atoms with E-state index in [1.54, 1.807) is 11.8 Å². The number of carbonyl (C=O) groups excluding carboxylic acids is 1. The maximum atomic E-state index is 12.8. The van der Waals surface area contributed by atoms with Gasteiger partial charge in [0, 0.05) is 32.5 Å². The van der Waals surface area contributed by atoms with Crippen LogP contribution >= 0.6 is 23.5 Å². The Morgan fingerprint density at radius 3 is 1.97 bits per heavy atom. The van der Waals surface area contributed by atoms with Crippen LogP contribution in [0.3, 0.4) is 0 Å². The molecule has 0 aliphatic carbocycles. The summed E-state index contributed by atoms with van der Waals surface area (Å²) in [6.07, 6.45) is 0. The first-order valence-electron chi connectivity index (χ1n) is 10.9. The molecule has 0 aromatic heterocycles. The summed E-state index contributed by atoms with van der Waals surface area (Å²) in [5.74, 6) is 1.70. The maximum absolute atomic E-state index is 12.8. The Morgan fingerprint density at radius 2 is 1.30 bits per heavy atom. The highest BCUT2D eigenvalue weighted by Crippen LogP contribution is 2.26. The first kappa shape index (κ1) is 23.2. The quantitative estimate of drug-likeness (QED) is 0.264. The molecule has 0 aliphatic heterocycles. The second-order valence-corrected chi connectivity index (χ2v) is 10.1. The lowest BCUT2D eigenvalue weighted by atomic mass is 10.1. The molecule has 4 aromatic rings. The van der Waals surface area contributed by atoms with Crippen molar-refractivity contribution < 1.29 is 4.79 Å². The summed E-state index contributed by atoms with van der Waals surface area (Å²) in [4.78, 5) is 15.3. The van der Waals surface area contributed by atoms with E-state index in [2.05, 4.69) is 72.9 Å². The Bertz CT molecular complexity index is 1200. The third-order valence-electron chi connectivity index (χ3n) is 5.33. The average Bonchev–Trinajstić information content (AvgIpc) is 2.85. The topological polar surface area (TPSA) is 29.1 Å². The fourth-order valence-corrected chi connectivity index (χ4v) is 5.10. The summed E-state index contributed by atoms with van der Waals surface area (Å²) in [6, 6.07) is 33.1. The molecule has 0 unspecified atom stereocenters. The van der Waals surface area contributed by atoms with Gasteiger partial charge in [-0.2, -0.15) is 0 Å². The van der Waals surface area contributed by atoms with Crippen molar-refractivity contribution in [3.05, 3.63) is 125 Å². The molecule has 0 radical (unpaired) electrons. The van der Waals surface area contributed by atoms with E-state index in [9.17, 15) is 4.79 Å². The van der Waals surface area contributed by atoms with Gasteiger partial charge in [0.2, 0.25) is 0 Å². The van der Waals surface area contributed by atoms with Gasteiger partial charge in [0.05, 0.1) is 0 Å². The van der Waals surface area contributed by atoms with E-state index in [-0.39, 0.29) is 5.91 Å². The summed E-state index contributed by atoms with van der Waals surface area (Å²) < 4.78 is 0. The summed E-state index contributed by atoms with van der Waals surface area (Å²) in [5, 5.41) is 3.06. The van der Waals surface area contributed by atoms with Crippen LogP contribution < -0.4 is 5.32 Å². The number of aryl methyl sites for hydroxylation is 2. The minimum absolute atomic E-state index is 0.0813. The second-order valence-electron chi connectivity index (χ2n) is 8.00. The number of hydrogen-bond acceptors (Lipinski definition) is 3. The van der Waals surface area contributed by atoms with Crippen molar-refractivity contribution in [2.24, 2.45) is 0 Å². The van der Waals surface area contributed by atoms with E-state index in [0.29, 0.717) is 5.56 Å². The standard InChI is InChI=1S/C29H27NOS2/c1-21-8-15-27(16-9-21)32-19-23-10-13-25(14-11-23)29(31)30-28-17-12-24(18-22(28)2)20-33-26-6-4-3-5-7-26/h3-18H,19-20H2,1-2H3,(H,30,31). The van der Waals surface area contributed by atoms with E-state index in [1.807, 2.05) is 55.1 Å². The number of nitrogens with one attached hydrogen (secondary N) is 1. The summed E-state index contributed by atoms with van der Waals surface area (Å²) in [7, 11) is 0. The Hall–Kier alpha value is -2.95. The number of benzene rings is 4. The van der Waals surface area contributed by atoms with Crippen LogP contribution in [-0.4, -0.2) is 5.91 Å². The van der Waals surface area contributed by atoms with E-state index in [1.165, 1.54) is 26.5 Å². The fraction of sp³-hybridized carbons (Fsp3) is 0.138. The summed E-state index contributed by atoms with van der Waals surface area (Å²) >= 11 is 3.62. The molecule has 0 saturated carbocycles.